The number of ether oxygens (including phenoxy) is 3. The van der Waals surface area contributed by atoms with Gasteiger partial charge in [0.2, 0.25) is 0 Å². The molecule has 2 aliphatic carbocycles. The number of ketones is 1. The first-order valence-electron chi connectivity index (χ1n) is 20.6. The van der Waals surface area contributed by atoms with Crippen LogP contribution in [0, 0.1) is 3.57 Å². The van der Waals surface area contributed by atoms with Gasteiger partial charge in [0.05, 0.1) is 22.5 Å². The molecule has 12 heteroatoms. The second-order valence-electron chi connectivity index (χ2n) is 17.2. The van der Waals surface area contributed by atoms with E-state index in [1.54, 1.807) is 18.3 Å². The van der Waals surface area contributed by atoms with Crippen LogP contribution in [-0.2, 0) is 25.3 Å². The van der Waals surface area contributed by atoms with Crippen LogP contribution in [0.2, 0.25) is 13.3 Å². The molecule has 0 aliphatic heterocycles. The van der Waals surface area contributed by atoms with E-state index in [2.05, 4.69) is 77.5 Å². The minimum absolute atomic E-state index is 0.0194. The summed E-state index contributed by atoms with van der Waals surface area (Å²) >= 11 is -0.0292. The number of aromatic nitrogens is 2. The normalized spacial score (nSPS) is 15.1. The first-order valence-corrected chi connectivity index (χ1v) is 29.2. The molecule has 2 fully saturated rings. The number of Topliss-reactive ketones (excluding diaryl/α,β-unsaturated/α-hetero) is 1. The summed E-state index contributed by atoms with van der Waals surface area (Å²) in [5.41, 5.74) is 0.514. The molecule has 0 aromatic carbocycles. The fourth-order valence-electron chi connectivity index (χ4n) is 6.35. The van der Waals surface area contributed by atoms with Crippen LogP contribution in [0.25, 0.3) is 0 Å². The standard InChI is InChI=1S/C15H20N2O3.C13H17IN2O2.C4H7O.3C4H9.Sn/c1-10(18)11-5-6-12(16-9-11)15(7-8-15)17-13(19)20-14(2,3)4;1-12(2,3)18-11(17)16-13(6-7-13)10-5-4-9(14)8-15-10;1-3-5-4-2;3*1-3-4-2;/h5-6,9H,7-8H2,1-4H3,(H,17,19);4-5,8H,6-7H2,1-3H3,(H,16,17);1,4H2,2H3;3*1,3-4H2,2H3;. The Kier molecular flexibility index (Phi) is 20.1. The fraction of sp³-hybridized carbons (Fsp3) is 0.659. The van der Waals surface area contributed by atoms with E-state index in [0.717, 1.165) is 47.2 Å². The van der Waals surface area contributed by atoms with Gasteiger partial charge in [-0.1, -0.05) is 0 Å². The summed E-state index contributed by atoms with van der Waals surface area (Å²) in [6, 6.07) is 7.49. The largest absolute Gasteiger partial charge is 0.444 e. The van der Waals surface area contributed by atoms with Crippen molar-refractivity contribution in [1.82, 2.24) is 20.6 Å². The van der Waals surface area contributed by atoms with Gasteiger partial charge >= 0.3 is 132 Å². The van der Waals surface area contributed by atoms with Gasteiger partial charge in [0, 0.05) is 21.5 Å². The summed E-state index contributed by atoms with van der Waals surface area (Å²) in [6.07, 6.45) is 14.1. The zero-order valence-electron chi connectivity index (χ0n) is 36.3. The van der Waals surface area contributed by atoms with Crippen LogP contribution in [-0.4, -0.2) is 64.1 Å². The zero-order valence-corrected chi connectivity index (χ0v) is 41.3. The molecule has 2 heterocycles. The van der Waals surface area contributed by atoms with E-state index in [1.807, 2.05) is 59.9 Å². The van der Waals surface area contributed by atoms with Crippen molar-refractivity contribution in [1.29, 1.82) is 0 Å². The summed E-state index contributed by atoms with van der Waals surface area (Å²) in [5, 5.41) is 5.81. The Labute approximate surface area is 355 Å². The number of amides is 2. The summed E-state index contributed by atoms with van der Waals surface area (Å²) in [4.78, 5) is 43.5. The molecule has 0 atom stereocenters. The van der Waals surface area contributed by atoms with Crippen molar-refractivity contribution in [2.75, 3.05) is 6.61 Å². The molecule has 2 aromatic rings. The van der Waals surface area contributed by atoms with Crippen molar-refractivity contribution in [2.45, 2.75) is 176 Å². The molecule has 0 spiro atoms. The Balaban J connectivity index is 0.000000291. The number of alkyl carbamates (subject to hydrolysis) is 2. The van der Waals surface area contributed by atoms with Crippen molar-refractivity contribution < 1.29 is 28.6 Å². The van der Waals surface area contributed by atoms with Gasteiger partial charge in [-0.3, -0.25) is 14.8 Å². The molecule has 0 bridgehead atoms. The second kappa shape index (κ2) is 22.7. The van der Waals surface area contributed by atoms with Crippen LogP contribution < -0.4 is 10.6 Å². The van der Waals surface area contributed by atoms with Crippen LogP contribution in [0.15, 0.2) is 47.0 Å². The van der Waals surface area contributed by atoms with E-state index in [4.69, 9.17) is 14.2 Å². The third kappa shape index (κ3) is 17.2. The average molecular weight is 998 g/mol. The van der Waals surface area contributed by atoms with Crippen LogP contribution in [0.1, 0.15) is 162 Å². The average Bonchev–Trinajstić information content (AvgIpc) is 4.05. The molecule has 4 rings (SSSR count). The number of nitrogens with zero attached hydrogens (tertiary/aromatic N) is 2. The van der Waals surface area contributed by atoms with E-state index in [1.165, 1.54) is 62.5 Å². The Morgan fingerprint density at radius 2 is 1.14 bits per heavy atom. The summed E-state index contributed by atoms with van der Waals surface area (Å²) in [6.45, 7) is 26.7. The number of carbonyl (C=O) groups excluding carboxylic acids is 3. The smallest absolute Gasteiger partial charge is 0.408 e. The second-order valence-corrected chi connectivity index (χ2v) is 31.6. The van der Waals surface area contributed by atoms with Crippen LogP contribution in [0.5, 0.6) is 0 Å². The topological polar surface area (TPSA) is 129 Å². The third-order valence-corrected chi connectivity index (χ3v) is 25.4. The van der Waals surface area contributed by atoms with E-state index in [9.17, 15) is 14.4 Å². The third-order valence-electron chi connectivity index (χ3n) is 9.80. The minimum atomic E-state index is -2.24. The van der Waals surface area contributed by atoms with Gasteiger partial charge in [-0.25, -0.2) is 9.59 Å². The maximum atomic E-state index is 11.8. The van der Waals surface area contributed by atoms with Crippen molar-refractivity contribution in [2.24, 2.45) is 0 Å². The summed E-state index contributed by atoms with van der Waals surface area (Å²) in [7, 11) is 0. The van der Waals surface area contributed by atoms with Crippen molar-refractivity contribution in [3.8, 4) is 0 Å². The Morgan fingerprint density at radius 3 is 1.43 bits per heavy atom. The molecular weight excluding hydrogens is 926 g/mol. The van der Waals surface area contributed by atoms with E-state index < -0.39 is 41.2 Å². The number of hydrogen-bond donors (Lipinski definition) is 2. The molecule has 0 saturated heterocycles. The predicted molar refractivity (Wildman–Crippen MR) is 237 cm³/mol. The molecule has 2 N–H and O–H groups in total. The first kappa shape index (κ1) is 49.7. The summed E-state index contributed by atoms with van der Waals surface area (Å²) in [5.74, 6) is -0.0194. The molecule has 0 radical (unpaired) electrons. The van der Waals surface area contributed by atoms with Crippen LogP contribution >= 0.6 is 22.6 Å². The van der Waals surface area contributed by atoms with Crippen LogP contribution in [0.4, 0.5) is 9.59 Å². The maximum Gasteiger partial charge on any atom is 0.408 e. The SMILES string of the molecule is C=[C](OCC)[Sn]([CH2]CCC)([CH2]CCC)[CH2]CCC.CC(=O)c1ccc(C2(NC(=O)OC(C)(C)C)CC2)nc1.CC(C)(C)OC(=O)NC1(c2ccc(I)cn2)CC1. The van der Waals surface area contributed by atoms with Crippen molar-refractivity contribution in [3.63, 3.8) is 0 Å². The van der Waals surface area contributed by atoms with Crippen molar-refractivity contribution >= 4 is 58.9 Å². The number of rotatable bonds is 17. The Morgan fingerprint density at radius 1 is 0.732 bits per heavy atom. The quantitative estimate of drug-likeness (QED) is 0.0694. The van der Waals surface area contributed by atoms with Crippen molar-refractivity contribution in [3.05, 3.63) is 67.5 Å². The zero-order chi connectivity index (χ0) is 42.2. The maximum absolute atomic E-state index is 11.8. The van der Waals surface area contributed by atoms with Gasteiger partial charge in [-0.05, 0) is 121 Å². The number of hydrogen-bond acceptors (Lipinski definition) is 8. The van der Waals surface area contributed by atoms with Gasteiger partial charge in [-0.2, -0.15) is 0 Å². The fourth-order valence-corrected chi connectivity index (χ4v) is 21.3. The van der Waals surface area contributed by atoms with E-state index in [0.29, 0.717) is 5.56 Å². The van der Waals surface area contributed by atoms with Gasteiger partial charge in [0.1, 0.15) is 11.2 Å². The van der Waals surface area contributed by atoms with E-state index >= 15 is 0 Å². The molecular formula is C44H71IN4O6Sn. The van der Waals surface area contributed by atoms with Gasteiger partial charge in [0.15, 0.2) is 5.78 Å². The first-order chi connectivity index (χ1) is 26.2. The minimum Gasteiger partial charge on any atom is -0.444 e. The number of halogens is 1. The van der Waals surface area contributed by atoms with E-state index in [-0.39, 0.29) is 17.4 Å². The summed E-state index contributed by atoms with van der Waals surface area (Å²) < 4.78 is 23.2. The van der Waals surface area contributed by atoms with Gasteiger partial charge in [0.25, 0.3) is 0 Å². The van der Waals surface area contributed by atoms with Crippen LogP contribution in [0.3, 0.4) is 0 Å². The predicted octanol–water partition coefficient (Wildman–Crippen LogP) is 11.9. The molecule has 2 aliphatic rings. The molecule has 0 unspecified atom stereocenters. The Bertz CT molecular complexity index is 1520. The Hall–Kier alpha value is -2.42. The molecule has 2 amide bonds. The number of nitrogens with one attached hydrogen (secondary N) is 2. The molecule has 2 aromatic heterocycles. The monoisotopic (exact) mass is 998 g/mol. The number of unbranched alkanes of at least 4 members (excludes halogenated alkanes) is 3. The van der Waals surface area contributed by atoms with Gasteiger partial charge in [-0.15, -0.1) is 0 Å². The number of pyridine rings is 2. The molecule has 10 nitrogen and oxygen atoms in total. The molecule has 2 saturated carbocycles. The molecule has 314 valence electrons. The van der Waals surface area contributed by atoms with Gasteiger partial charge < -0.3 is 20.1 Å². The molecule has 56 heavy (non-hydrogen) atoms. The number of carbonyl (C=O) groups is 3.